The maximum Gasteiger partial charge on any atom is 0.435 e. The van der Waals surface area contributed by atoms with Crippen molar-refractivity contribution in [3.63, 3.8) is 0 Å². The van der Waals surface area contributed by atoms with Gasteiger partial charge in [-0.2, -0.15) is 18.3 Å². The number of aromatic nitrogens is 2. The molecule has 1 N–H and O–H groups in total. The number of alkyl halides is 3. The van der Waals surface area contributed by atoms with Crippen LogP contribution in [0.3, 0.4) is 0 Å². The fraction of sp³-hybridized carbons (Fsp3) is 0.517. The summed E-state index contributed by atoms with van der Waals surface area (Å²) in [5.41, 5.74) is 2.25. The number of benzene rings is 2. The normalized spacial score (nSPS) is 20.7. The molecule has 2 aliphatic heterocycles. The SMILES string of the molecule is C[C@H](C(=O)O)[C@H](c1ccc2c(c1)OC1(CC2)CCN(c2ccc3c(c2)c(C(F)(F)F)nn3C)CC1)C1CC1. The van der Waals surface area contributed by atoms with E-state index in [4.69, 9.17) is 4.74 Å². The number of nitrogens with zero attached hydrogens (tertiary/aromatic N) is 3. The summed E-state index contributed by atoms with van der Waals surface area (Å²) in [6, 6.07) is 11.4. The monoisotopic (exact) mass is 527 g/mol. The first-order chi connectivity index (χ1) is 18.0. The maximum absolute atomic E-state index is 13.5. The van der Waals surface area contributed by atoms with E-state index in [2.05, 4.69) is 28.2 Å². The molecule has 9 heteroatoms. The van der Waals surface area contributed by atoms with Crippen LogP contribution < -0.4 is 9.64 Å². The Morgan fingerprint density at radius 1 is 1.13 bits per heavy atom. The Morgan fingerprint density at radius 2 is 1.87 bits per heavy atom. The van der Waals surface area contributed by atoms with E-state index >= 15 is 0 Å². The zero-order valence-electron chi connectivity index (χ0n) is 21.6. The molecule has 1 aliphatic carbocycles. The number of aryl methyl sites for hydroxylation is 2. The lowest BCUT2D eigenvalue weighted by Gasteiger charge is -2.45. The number of carboxylic acids is 1. The zero-order valence-corrected chi connectivity index (χ0v) is 21.6. The topological polar surface area (TPSA) is 67.6 Å². The van der Waals surface area contributed by atoms with Crippen molar-refractivity contribution in [2.45, 2.75) is 63.1 Å². The average molecular weight is 528 g/mol. The van der Waals surface area contributed by atoms with Crippen molar-refractivity contribution in [3.05, 3.63) is 53.2 Å². The number of fused-ring (bicyclic) bond motifs is 2. The molecule has 2 fully saturated rings. The number of hydrogen-bond donors (Lipinski definition) is 1. The quantitative estimate of drug-likeness (QED) is 0.430. The number of aliphatic carboxylic acids is 1. The van der Waals surface area contributed by atoms with Crippen LogP contribution in [0.1, 0.15) is 61.8 Å². The molecule has 3 aromatic rings. The van der Waals surface area contributed by atoms with E-state index in [1.54, 1.807) is 19.1 Å². The van der Waals surface area contributed by atoms with Gasteiger partial charge in [-0.05, 0) is 72.9 Å². The van der Waals surface area contributed by atoms with Crippen molar-refractivity contribution in [1.82, 2.24) is 9.78 Å². The molecule has 6 rings (SSSR count). The van der Waals surface area contributed by atoms with Crippen LogP contribution >= 0.6 is 0 Å². The molecule has 1 spiro atoms. The molecule has 202 valence electrons. The summed E-state index contributed by atoms with van der Waals surface area (Å²) in [6.07, 6.45) is 0.952. The lowest BCUT2D eigenvalue weighted by molar-refractivity contribution is -0.142. The molecule has 2 atom stereocenters. The van der Waals surface area contributed by atoms with Crippen LogP contribution in [0.15, 0.2) is 36.4 Å². The highest BCUT2D eigenvalue weighted by molar-refractivity contribution is 5.86. The van der Waals surface area contributed by atoms with Gasteiger partial charge in [0.15, 0.2) is 5.69 Å². The third kappa shape index (κ3) is 4.39. The smallest absolute Gasteiger partial charge is 0.435 e. The first-order valence-corrected chi connectivity index (χ1v) is 13.4. The second-order valence-corrected chi connectivity index (χ2v) is 11.3. The highest BCUT2D eigenvalue weighted by atomic mass is 19.4. The van der Waals surface area contributed by atoms with E-state index in [-0.39, 0.29) is 16.9 Å². The lowest BCUT2D eigenvalue weighted by Crippen LogP contribution is -2.49. The second kappa shape index (κ2) is 8.92. The summed E-state index contributed by atoms with van der Waals surface area (Å²) in [4.78, 5) is 13.9. The van der Waals surface area contributed by atoms with Crippen LogP contribution in [0.25, 0.3) is 10.9 Å². The van der Waals surface area contributed by atoms with Gasteiger partial charge in [0.2, 0.25) is 0 Å². The summed E-state index contributed by atoms with van der Waals surface area (Å²) in [5, 5.41) is 13.5. The largest absolute Gasteiger partial charge is 0.487 e. The van der Waals surface area contributed by atoms with Crippen LogP contribution in [-0.4, -0.2) is 39.5 Å². The molecule has 1 aromatic heterocycles. The van der Waals surface area contributed by atoms with Gasteiger partial charge in [0, 0.05) is 44.1 Å². The maximum atomic E-state index is 13.5. The molecule has 0 radical (unpaired) electrons. The summed E-state index contributed by atoms with van der Waals surface area (Å²) in [7, 11) is 1.53. The van der Waals surface area contributed by atoms with Crippen LogP contribution in [0, 0.1) is 11.8 Å². The summed E-state index contributed by atoms with van der Waals surface area (Å²) in [5.74, 6) is 0.0460. The van der Waals surface area contributed by atoms with Crippen molar-refractivity contribution in [2.24, 2.45) is 18.9 Å². The number of carboxylic acid groups (broad SMARTS) is 1. The predicted octanol–water partition coefficient (Wildman–Crippen LogP) is 6.17. The average Bonchev–Trinajstić information content (AvgIpc) is 3.65. The van der Waals surface area contributed by atoms with Gasteiger partial charge in [-0.1, -0.05) is 19.1 Å². The van der Waals surface area contributed by atoms with E-state index in [1.807, 2.05) is 6.07 Å². The number of carbonyl (C=O) groups is 1. The number of piperidine rings is 1. The van der Waals surface area contributed by atoms with Crippen LogP contribution in [0.2, 0.25) is 0 Å². The number of ether oxygens (including phenoxy) is 1. The standard InChI is InChI=1S/C29H32F3N3O3/c1-17(27(36)37)25(19-4-5-19)20-6-3-18-9-10-28(38-24(18)15-20)11-13-35(14-12-28)21-7-8-23-22(16-21)26(29(30,31)32)33-34(23)2/h3,6-8,15-17,19,25H,4-5,9-14H2,1-2H3,(H,36,37)/t17-,25-/m0/s1. The summed E-state index contributed by atoms with van der Waals surface area (Å²) >= 11 is 0. The van der Waals surface area contributed by atoms with Crippen LogP contribution in [-0.2, 0) is 24.4 Å². The first kappa shape index (κ1) is 25.1. The van der Waals surface area contributed by atoms with Gasteiger partial charge < -0.3 is 14.7 Å². The second-order valence-electron chi connectivity index (χ2n) is 11.3. The minimum absolute atomic E-state index is 0.00916. The van der Waals surface area contributed by atoms with E-state index < -0.39 is 23.8 Å². The van der Waals surface area contributed by atoms with E-state index in [0.29, 0.717) is 24.5 Å². The molecular formula is C29H32F3N3O3. The molecule has 38 heavy (non-hydrogen) atoms. The number of hydrogen-bond acceptors (Lipinski definition) is 4. The minimum atomic E-state index is -4.51. The Balaban J connectivity index is 1.20. The first-order valence-electron chi connectivity index (χ1n) is 13.4. The lowest BCUT2D eigenvalue weighted by atomic mass is 9.80. The molecule has 6 nitrogen and oxygen atoms in total. The summed E-state index contributed by atoms with van der Waals surface area (Å²) in [6.45, 7) is 3.16. The van der Waals surface area contributed by atoms with Gasteiger partial charge in [0.05, 0.1) is 11.4 Å². The fourth-order valence-electron chi connectivity index (χ4n) is 6.49. The van der Waals surface area contributed by atoms with Gasteiger partial charge in [-0.25, -0.2) is 0 Å². The molecule has 3 heterocycles. The van der Waals surface area contributed by atoms with Gasteiger partial charge in [-0.15, -0.1) is 0 Å². The molecule has 0 unspecified atom stereocenters. The van der Waals surface area contributed by atoms with Gasteiger partial charge in [0.1, 0.15) is 11.4 Å². The molecule has 3 aliphatic rings. The molecule has 0 bridgehead atoms. The Morgan fingerprint density at radius 3 is 2.53 bits per heavy atom. The van der Waals surface area contributed by atoms with Crippen molar-refractivity contribution < 1.29 is 27.8 Å². The zero-order chi connectivity index (χ0) is 26.8. The van der Waals surface area contributed by atoms with Crippen LogP contribution in [0.4, 0.5) is 18.9 Å². The molecular weight excluding hydrogens is 495 g/mol. The third-order valence-corrected chi connectivity index (χ3v) is 8.85. The van der Waals surface area contributed by atoms with Crippen LogP contribution in [0.5, 0.6) is 5.75 Å². The van der Waals surface area contributed by atoms with Gasteiger partial charge in [0.25, 0.3) is 0 Å². The van der Waals surface area contributed by atoms with E-state index in [1.165, 1.54) is 11.7 Å². The Bertz CT molecular complexity index is 1390. The molecule has 1 saturated carbocycles. The predicted molar refractivity (Wildman–Crippen MR) is 138 cm³/mol. The van der Waals surface area contributed by atoms with Crippen molar-refractivity contribution >= 4 is 22.6 Å². The minimum Gasteiger partial charge on any atom is -0.487 e. The number of rotatable bonds is 5. The highest BCUT2D eigenvalue weighted by Crippen LogP contribution is 2.49. The van der Waals surface area contributed by atoms with Gasteiger partial charge >= 0.3 is 12.1 Å². The van der Waals surface area contributed by atoms with Gasteiger partial charge in [-0.3, -0.25) is 9.48 Å². The Hall–Kier alpha value is -3.23. The van der Waals surface area contributed by atoms with Crippen molar-refractivity contribution in [1.29, 1.82) is 0 Å². The third-order valence-electron chi connectivity index (χ3n) is 8.85. The number of anilines is 1. The Kier molecular flexibility index (Phi) is 5.88. The Labute approximate surface area is 219 Å². The highest BCUT2D eigenvalue weighted by Gasteiger charge is 2.42. The van der Waals surface area contributed by atoms with E-state index in [0.717, 1.165) is 61.1 Å². The molecule has 2 aromatic carbocycles. The van der Waals surface area contributed by atoms with Crippen molar-refractivity contribution in [2.75, 3.05) is 18.0 Å². The number of halogens is 3. The molecule has 1 saturated heterocycles. The summed E-state index contributed by atoms with van der Waals surface area (Å²) < 4.78 is 48.6. The molecule has 0 amide bonds. The fourth-order valence-corrected chi connectivity index (χ4v) is 6.49. The van der Waals surface area contributed by atoms with E-state index in [9.17, 15) is 23.1 Å². The van der Waals surface area contributed by atoms with Crippen molar-refractivity contribution in [3.8, 4) is 5.75 Å².